The molecule has 24 heavy (non-hydrogen) atoms. The maximum absolute atomic E-state index is 11.8. The monoisotopic (exact) mass is 446 g/mol. The summed E-state index contributed by atoms with van der Waals surface area (Å²) in [4.78, 5) is 16.4. The minimum atomic E-state index is 0. The maximum atomic E-state index is 11.8. The molecule has 1 amide bonds. The average Bonchev–Trinajstić information content (AvgIpc) is 2.44. The van der Waals surface area contributed by atoms with Crippen LogP contribution in [0.2, 0.25) is 0 Å². The summed E-state index contributed by atoms with van der Waals surface area (Å²) in [6.45, 7) is 11.7. The van der Waals surface area contributed by atoms with Gasteiger partial charge in [0.25, 0.3) is 0 Å². The lowest BCUT2D eigenvalue weighted by molar-refractivity contribution is -0.116. The van der Waals surface area contributed by atoms with Crippen LogP contribution in [-0.2, 0) is 11.3 Å². The van der Waals surface area contributed by atoms with E-state index in [0.717, 1.165) is 23.8 Å². The number of aliphatic imine (C=N–C) groups is 1. The third-order valence-corrected chi connectivity index (χ3v) is 2.99. The minimum Gasteiger partial charge on any atom is -0.357 e. The second-order valence-corrected chi connectivity index (χ2v) is 6.34. The van der Waals surface area contributed by atoms with Gasteiger partial charge in [-0.1, -0.05) is 26.0 Å². The molecule has 0 aliphatic rings. The number of carbonyl (C=O) groups excluding carboxylic acids is 1. The predicted octanol–water partition coefficient (Wildman–Crippen LogP) is 3.75. The Morgan fingerprint density at radius 3 is 2.50 bits per heavy atom. The number of guanidine groups is 1. The number of benzene rings is 1. The molecular formula is C18H31IN4O. The Morgan fingerprint density at radius 2 is 1.92 bits per heavy atom. The molecule has 0 fully saturated rings. The van der Waals surface area contributed by atoms with Gasteiger partial charge < -0.3 is 16.0 Å². The van der Waals surface area contributed by atoms with Crippen molar-refractivity contribution in [1.82, 2.24) is 10.6 Å². The molecule has 3 N–H and O–H groups in total. The second-order valence-electron chi connectivity index (χ2n) is 6.34. The summed E-state index contributed by atoms with van der Waals surface area (Å²) in [6, 6.07) is 8.16. The molecule has 0 aliphatic carbocycles. The van der Waals surface area contributed by atoms with Crippen LogP contribution in [0.15, 0.2) is 29.3 Å². The molecule has 0 atom stereocenters. The normalized spacial score (nSPS) is 11.2. The lowest BCUT2D eigenvalue weighted by atomic mass is 10.1. The first-order chi connectivity index (χ1) is 10.9. The van der Waals surface area contributed by atoms with Crippen molar-refractivity contribution in [2.75, 3.05) is 11.9 Å². The largest absolute Gasteiger partial charge is 0.357 e. The molecule has 6 heteroatoms. The van der Waals surface area contributed by atoms with Gasteiger partial charge in [-0.25, -0.2) is 4.99 Å². The maximum Gasteiger partial charge on any atom is 0.224 e. The zero-order valence-electron chi connectivity index (χ0n) is 15.3. The van der Waals surface area contributed by atoms with Crippen molar-refractivity contribution in [3.05, 3.63) is 29.8 Å². The third kappa shape index (κ3) is 9.75. The van der Waals surface area contributed by atoms with Gasteiger partial charge in [0.05, 0.1) is 6.54 Å². The van der Waals surface area contributed by atoms with E-state index in [1.165, 1.54) is 0 Å². The van der Waals surface area contributed by atoms with Crippen LogP contribution in [0.1, 0.15) is 46.6 Å². The van der Waals surface area contributed by atoms with E-state index in [9.17, 15) is 4.79 Å². The van der Waals surface area contributed by atoms with Crippen molar-refractivity contribution in [2.45, 2.75) is 53.6 Å². The summed E-state index contributed by atoms with van der Waals surface area (Å²) in [5, 5.41) is 9.45. The van der Waals surface area contributed by atoms with Crippen molar-refractivity contribution < 1.29 is 4.79 Å². The van der Waals surface area contributed by atoms with Crippen molar-refractivity contribution in [3.8, 4) is 0 Å². The standard InChI is InChI=1S/C18H30N4O.HI/c1-6-19-18(21-14(4)5)20-12-15-8-7-9-16(11-15)22-17(23)10-13(2)3;/h7-9,11,13-14H,6,10,12H2,1-5H3,(H,22,23)(H2,19,20,21);1H. The van der Waals surface area contributed by atoms with Gasteiger partial charge in [0.2, 0.25) is 5.91 Å². The molecule has 0 aromatic heterocycles. The molecule has 0 spiro atoms. The van der Waals surface area contributed by atoms with Crippen LogP contribution in [-0.4, -0.2) is 24.5 Å². The Balaban J connectivity index is 0.00000529. The van der Waals surface area contributed by atoms with Gasteiger partial charge in [0, 0.05) is 24.7 Å². The number of amides is 1. The predicted molar refractivity (Wildman–Crippen MR) is 113 cm³/mol. The number of hydrogen-bond donors (Lipinski definition) is 3. The third-order valence-electron chi connectivity index (χ3n) is 2.99. The summed E-state index contributed by atoms with van der Waals surface area (Å²) >= 11 is 0. The van der Waals surface area contributed by atoms with Crippen molar-refractivity contribution in [3.63, 3.8) is 0 Å². The van der Waals surface area contributed by atoms with Crippen LogP contribution < -0.4 is 16.0 Å². The number of carbonyl (C=O) groups is 1. The van der Waals surface area contributed by atoms with E-state index >= 15 is 0 Å². The molecule has 1 aromatic carbocycles. The molecular weight excluding hydrogens is 415 g/mol. The fraction of sp³-hybridized carbons (Fsp3) is 0.556. The van der Waals surface area contributed by atoms with E-state index in [-0.39, 0.29) is 29.9 Å². The lowest BCUT2D eigenvalue weighted by Gasteiger charge is -2.14. The van der Waals surface area contributed by atoms with Gasteiger partial charge in [-0.3, -0.25) is 4.79 Å². The zero-order chi connectivity index (χ0) is 17.2. The molecule has 1 aromatic rings. The number of hydrogen-bond acceptors (Lipinski definition) is 2. The Labute approximate surface area is 163 Å². The fourth-order valence-electron chi connectivity index (χ4n) is 2.09. The minimum absolute atomic E-state index is 0. The second kappa shape index (κ2) is 12.1. The molecule has 5 nitrogen and oxygen atoms in total. The molecule has 0 heterocycles. The van der Waals surface area contributed by atoms with Gasteiger partial charge >= 0.3 is 0 Å². The summed E-state index contributed by atoms with van der Waals surface area (Å²) in [5.74, 6) is 1.21. The highest BCUT2D eigenvalue weighted by atomic mass is 127. The van der Waals surface area contributed by atoms with Crippen LogP contribution in [0.4, 0.5) is 5.69 Å². The molecule has 1 rings (SSSR count). The van der Waals surface area contributed by atoms with E-state index in [1.54, 1.807) is 0 Å². The van der Waals surface area contributed by atoms with Crippen molar-refractivity contribution in [1.29, 1.82) is 0 Å². The molecule has 136 valence electrons. The summed E-state index contributed by atoms with van der Waals surface area (Å²) < 4.78 is 0. The van der Waals surface area contributed by atoms with E-state index in [2.05, 4.69) is 34.8 Å². The van der Waals surface area contributed by atoms with Gasteiger partial charge in [-0.2, -0.15) is 0 Å². The quantitative estimate of drug-likeness (QED) is 0.340. The van der Waals surface area contributed by atoms with Crippen LogP contribution in [0.5, 0.6) is 0 Å². The zero-order valence-corrected chi connectivity index (χ0v) is 17.7. The highest BCUT2D eigenvalue weighted by Crippen LogP contribution is 2.13. The van der Waals surface area contributed by atoms with Gasteiger partial charge in [-0.05, 0) is 44.4 Å². The first-order valence-electron chi connectivity index (χ1n) is 8.34. The molecule has 0 radical (unpaired) electrons. The highest BCUT2D eigenvalue weighted by Gasteiger charge is 2.06. The molecule has 0 bridgehead atoms. The average molecular weight is 446 g/mol. The number of halogens is 1. The number of rotatable bonds is 7. The van der Waals surface area contributed by atoms with Crippen LogP contribution in [0.3, 0.4) is 0 Å². The van der Waals surface area contributed by atoms with Crippen LogP contribution in [0, 0.1) is 5.92 Å². The van der Waals surface area contributed by atoms with Crippen LogP contribution in [0.25, 0.3) is 0 Å². The Hall–Kier alpha value is -1.31. The first-order valence-corrected chi connectivity index (χ1v) is 8.34. The summed E-state index contributed by atoms with van der Waals surface area (Å²) in [7, 11) is 0. The van der Waals surface area contributed by atoms with E-state index in [4.69, 9.17) is 0 Å². The molecule has 0 saturated carbocycles. The fourth-order valence-corrected chi connectivity index (χ4v) is 2.09. The van der Waals surface area contributed by atoms with E-state index in [0.29, 0.717) is 24.9 Å². The Bertz CT molecular complexity index is 530. The summed E-state index contributed by atoms with van der Waals surface area (Å²) in [5.41, 5.74) is 1.89. The Kier molecular flexibility index (Phi) is 11.4. The van der Waals surface area contributed by atoms with Crippen molar-refractivity contribution in [2.24, 2.45) is 10.9 Å². The van der Waals surface area contributed by atoms with E-state index in [1.807, 2.05) is 45.0 Å². The molecule has 0 aliphatic heterocycles. The highest BCUT2D eigenvalue weighted by molar-refractivity contribution is 14.0. The number of anilines is 1. The summed E-state index contributed by atoms with van der Waals surface area (Å²) in [6.07, 6.45) is 0.533. The SMILES string of the molecule is CCNC(=NCc1cccc(NC(=O)CC(C)C)c1)NC(C)C.I. The molecule has 0 unspecified atom stereocenters. The van der Waals surface area contributed by atoms with E-state index < -0.39 is 0 Å². The number of nitrogens with one attached hydrogen (secondary N) is 3. The van der Waals surface area contributed by atoms with Gasteiger partial charge in [0.1, 0.15) is 0 Å². The first kappa shape index (κ1) is 22.7. The van der Waals surface area contributed by atoms with Crippen LogP contribution >= 0.6 is 24.0 Å². The lowest BCUT2D eigenvalue weighted by Crippen LogP contribution is -2.40. The molecule has 0 saturated heterocycles. The topological polar surface area (TPSA) is 65.5 Å². The van der Waals surface area contributed by atoms with Crippen molar-refractivity contribution >= 4 is 41.5 Å². The Morgan fingerprint density at radius 1 is 1.21 bits per heavy atom. The van der Waals surface area contributed by atoms with Gasteiger partial charge in [0.15, 0.2) is 5.96 Å². The van der Waals surface area contributed by atoms with Gasteiger partial charge in [-0.15, -0.1) is 24.0 Å². The number of nitrogens with zero attached hydrogens (tertiary/aromatic N) is 1. The smallest absolute Gasteiger partial charge is 0.224 e.